The molecule has 0 spiro atoms. The number of nitrogen functional groups attached to an aromatic ring is 1. The lowest BCUT2D eigenvalue weighted by Gasteiger charge is -2.33. The van der Waals surface area contributed by atoms with Gasteiger partial charge in [-0.15, -0.1) is 0 Å². The Hall–Kier alpha value is -4.44. The third kappa shape index (κ3) is 5.74. The van der Waals surface area contributed by atoms with Crippen LogP contribution in [0.5, 0.6) is 11.5 Å². The van der Waals surface area contributed by atoms with Gasteiger partial charge in [0, 0.05) is 31.9 Å². The molecule has 3 heterocycles. The number of carbonyl (C=O) groups is 1. The summed E-state index contributed by atoms with van der Waals surface area (Å²) in [5.74, 6) is 2.85. The SMILES string of the molecule is Nc1nc(CN2CCN(C(=O)c3ccco3)CC2)nc(Nc2ccc(Oc3ccccc3)cc2)n1. The number of furan rings is 1. The molecule has 5 rings (SSSR count). The van der Waals surface area contributed by atoms with Crippen LogP contribution in [0.3, 0.4) is 0 Å². The second-order valence-corrected chi connectivity index (χ2v) is 8.04. The summed E-state index contributed by atoms with van der Waals surface area (Å²) >= 11 is 0. The summed E-state index contributed by atoms with van der Waals surface area (Å²) in [7, 11) is 0. The topological polar surface area (TPSA) is 123 Å². The zero-order valence-corrected chi connectivity index (χ0v) is 19.0. The molecule has 2 aromatic carbocycles. The number of nitrogens with two attached hydrogens (primary N) is 1. The van der Waals surface area contributed by atoms with Crippen LogP contribution in [-0.2, 0) is 6.54 Å². The Kier molecular flexibility index (Phi) is 6.53. The molecule has 35 heavy (non-hydrogen) atoms. The molecule has 10 heteroatoms. The molecule has 1 saturated heterocycles. The first-order chi connectivity index (χ1) is 17.1. The molecule has 0 radical (unpaired) electrons. The van der Waals surface area contributed by atoms with Crippen molar-refractivity contribution in [2.24, 2.45) is 0 Å². The highest BCUT2D eigenvalue weighted by molar-refractivity contribution is 5.91. The summed E-state index contributed by atoms with van der Waals surface area (Å²) in [6.07, 6.45) is 1.51. The lowest BCUT2D eigenvalue weighted by molar-refractivity contribution is 0.0595. The Morgan fingerprint density at radius 2 is 1.66 bits per heavy atom. The summed E-state index contributed by atoms with van der Waals surface area (Å²) in [4.78, 5) is 29.4. The minimum Gasteiger partial charge on any atom is -0.459 e. The van der Waals surface area contributed by atoms with Crippen molar-refractivity contribution in [1.29, 1.82) is 0 Å². The van der Waals surface area contributed by atoms with Crippen molar-refractivity contribution in [3.63, 3.8) is 0 Å². The minimum atomic E-state index is -0.0919. The summed E-state index contributed by atoms with van der Waals surface area (Å²) in [6.45, 7) is 3.10. The molecular weight excluding hydrogens is 446 g/mol. The van der Waals surface area contributed by atoms with Crippen molar-refractivity contribution in [1.82, 2.24) is 24.8 Å². The maximum Gasteiger partial charge on any atom is 0.289 e. The van der Waals surface area contributed by atoms with Gasteiger partial charge in [0.15, 0.2) is 5.76 Å². The number of nitrogens with one attached hydrogen (secondary N) is 1. The van der Waals surface area contributed by atoms with Gasteiger partial charge < -0.3 is 25.1 Å². The van der Waals surface area contributed by atoms with Crippen LogP contribution in [-0.4, -0.2) is 56.8 Å². The highest BCUT2D eigenvalue weighted by atomic mass is 16.5. The smallest absolute Gasteiger partial charge is 0.289 e. The molecule has 1 fully saturated rings. The van der Waals surface area contributed by atoms with E-state index in [1.165, 1.54) is 6.26 Å². The summed E-state index contributed by atoms with van der Waals surface area (Å²) < 4.78 is 11.0. The fraction of sp³-hybridized carbons (Fsp3) is 0.200. The van der Waals surface area contributed by atoms with Gasteiger partial charge in [-0.2, -0.15) is 15.0 Å². The molecular formula is C25H25N7O3. The fourth-order valence-corrected chi connectivity index (χ4v) is 3.79. The summed E-state index contributed by atoms with van der Waals surface area (Å²) in [6, 6.07) is 20.5. The quantitative estimate of drug-likeness (QED) is 0.417. The largest absolute Gasteiger partial charge is 0.459 e. The zero-order chi connectivity index (χ0) is 24.0. The van der Waals surface area contributed by atoms with E-state index in [1.807, 2.05) is 54.6 Å². The molecule has 0 aliphatic carbocycles. The van der Waals surface area contributed by atoms with E-state index in [2.05, 4.69) is 25.2 Å². The third-order valence-electron chi connectivity index (χ3n) is 5.54. The Morgan fingerprint density at radius 1 is 0.914 bits per heavy atom. The number of hydrogen-bond donors (Lipinski definition) is 2. The molecule has 10 nitrogen and oxygen atoms in total. The Morgan fingerprint density at radius 3 is 2.37 bits per heavy atom. The number of anilines is 3. The molecule has 178 valence electrons. The molecule has 0 atom stereocenters. The van der Waals surface area contributed by atoms with E-state index in [4.69, 9.17) is 14.9 Å². The van der Waals surface area contributed by atoms with Crippen molar-refractivity contribution in [2.45, 2.75) is 6.54 Å². The van der Waals surface area contributed by atoms with E-state index in [1.54, 1.807) is 17.0 Å². The van der Waals surface area contributed by atoms with Crippen LogP contribution in [0.25, 0.3) is 0 Å². The van der Waals surface area contributed by atoms with Gasteiger partial charge in [0.05, 0.1) is 12.8 Å². The minimum absolute atomic E-state index is 0.0919. The number of rotatable bonds is 7. The van der Waals surface area contributed by atoms with Crippen LogP contribution >= 0.6 is 0 Å². The number of benzene rings is 2. The van der Waals surface area contributed by atoms with E-state index < -0.39 is 0 Å². The first kappa shape index (κ1) is 22.4. The van der Waals surface area contributed by atoms with Gasteiger partial charge in [0.1, 0.15) is 17.3 Å². The third-order valence-corrected chi connectivity index (χ3v) is 5.54. The van der Waals surface area contributed by atoms with Crippen molar-refractivity contribution < 1.29 is 13.9 Å². The fourth-order valence-electron chi connectivity index (χ4n) is 3.79. The monoisotopic (exact) mass is 471 g/mol. The first-order valence-corrected chi connectivity index (χ1v) is 11.3. The van der Waals surface area contributed by atoms with Gasteiger partial charge in [-0.1, -0.05) is 18.2 Å². The maximum atomic E-state index is 12.4. The molecule has 1 aliphatic heterocycles. The molecule has 1 aliphatic rings. The second kappa shape index (κ2) is 10.2. The Balaban J connectivity index is 1.17. The number of ether oxygens (including phenoxy) is 1. The zero-order valence-electron chi connectivity index (χ0n) is 19.0. The van der Waals surface area contributed by atoms with Gasteiger partial charge in [0.25, 0.3) is 5.91 Å². The average Bonchev–Trinajstić information content (AvgIpc) is 3.41. The van der Waals surface area contributed by atoms with Gasteiger partial charge in [0.2, 0.25) is 11.9 Å². The van der Waals surface area contributed by atoms with Crippen LogP contribution in [0.15, 0.2) is 77.4 Å². The number of nitrogens with zero attached hydrogens (tertiary/aromatic N) is 5. The van der Waals surface area contributed by atoms with Gasteiger partial charge in [-0.05, 0) is 48.5 Å². The number of piperazine rings is 1. The van der Waals surface area contributed by atoms with Crippen LogP contribution in [0, 0.1) is 0 Å². The standard InChI is InChI=1S/C25H25N7O3/c26-24-28-22(17-31-12-14-32(15-13-31)23(33)21-7-4-16-34-21)29-25(30-24)27-18-8-10-20(11-9-18)35-19-5-2-1-3-6-19/h1-11,16H,12-15,17H2,(H3,26,27,28,29,30). The van der Waals surface area contributed by atoms with E-state index in [0.29, 0.717) is 50.3 Å². The number of carbonyl (C=O) groups excluding carboxylic acids is 1. The van der Waals surface area contributed by atoms with Crippen LogP contribution in [0.2, 0.25) is 0 Å². The number of aromatic nitrogens is 3. The van der Waals surface area contributed by atoms with Crippen molar-refractivity contribution in [2.75, 3.05) is 37.2 Å². The lowest BCUT2D eigenvalue weighted by Crippen LogP contribution is -2.48. The van der Waals surface area contributed by atoms with Crippen molar-refractivity contribution in [3.8, 4) is 11.5 Å². The molecule has 0 saturated carbocycles. The normalized spacial score (nSPS) is 14.0. The van der Waals surface area contributed by atoms with Crippen molar-refractivity contribution in [3.05, 3.63) is 84.6 Å². The predicted molar refractivity (Wildman–Crippen MR) is 130 cm³/mol. The molecule has 2 aromatic heterocycles. The van der Waals surface area contributed by atoms with E-state index in [0.717, 1.165) is 17.2 Å². The highest BCUT2D eigenvalue weighted by Gasteiger charge is 2.24. The average molecular weight is 472 g/mol. The number of amides is 1. The summed E-state index contributed by atoms with van der Waals surface area (Å²) in [5.41, 5.74) is 6.74. The first-order valence-electron chi connectivity index (χ1n) is 11.3. The molecule has 3 N–H and O–H groups in total. The van der Waals surface area contributed by atoms with E-state index >= 15 is 0 Å². The predicted octanol–water partition coefficient (Wildman–Crippen LogP) is 3.54. The van der Waals surface area contributed by atoms with E-state index in [9.17, 15) is 4.79 Å². The highest BCUT2D eigenvalue weighted by Crippen LogP contribution is 2.24. The van der Waals surface area contributed by atoms with Gasteiger partial charge >= 0.3 is 0 Å². The molecule has 1 amide bonds. The van der Waals surface area contributed by atoms with Crippen molar-refractivity contribution >= 4 is 23.5 Å². The van der Waals surface area contributed by atoms with Crippen LogP contribution in [0.4, 0.5) is 17.6 Å². The molecule has 0 bridgehead atoms. The number of para-hydroxylation sites is 1. The Labute approximate surface area is 202 Å². The van der Waals surface area contributed by atoms with Crippen LogP contribution < -0.4 is 15.8 Å². The van der Waals surface area contributed by atoms with Crippen LogP contribution in [0.1, 0.15) is 16.4 Å². The molecule has 4 aromatic rings. The second-order valence-electron chi connectivity index (χ2n) is 8.04. The number of hydrogen-bond acceptors (Lipinski definition) is 9. The molecule has 0 unspecified atom stereocenters. The summed E-state index contributed by atoms with van der Waals surface area (Å²) in [5, 5.41) is 3.17. The van der Waals surface area contributed by atoms with Gasteiger partial charge in [-0.3, -0.25) is 9.69 Å². The lowest BCUT2D eigenvalue weighted by atomic mass is 10.3. The maximum absolute atomic E-state index is 12.4. The Bertz CT molecular complexity index is 1260. The van der Waals surface area contributed by atoms with E-state index in [-0.39, 0.29) is 11.9 Å². The van der Waals surface area contributed by atoms with Gasteiger partial charge in [-0.25, -0.2) is 0 Å².